The molecule has 2 aliphatic heterocycles. The molecule has 3 N–H and O–H groups in total. The molecule has 24 heteroatoms. The Balaban J connectivity index is 0.000000173. The van der Waals surface area contributed by atoms with Gasteiger partial charge in [0.05, 0.1) is 35.6 Å². The molecule has 0 atom stereocenters. The van der Waals surface area contributed by atoms with Gasteiger partial charge in [-0.05, 0) is 75.1 Å². The van der Waals surface area contributed by atoms with Gasteiger partial charge in [-0.3, -0.25) is 29.2 Å². The van der Waals surface area contributed by atoms with Gasteiger partial charge in [-0.1, -0.05) is 29.7 Å². The van der Waals surface area contributed by atoms with E-state index in [9.17, 15) is 41.6 Å². The van der Waals surface area contributed by atoms with E-state index in [0.29, 0.717) is 40.3 Å². The van der Waals surface area contributed by atoms with E-state index in [1.54, 1.807) is 42.1 Å². The molecule has 5 aromatic rings. The van der Waals surface area contributed by atoms with Crippen LogP contribution in [0.25, 0.3) is 10.9 Å². The molecular formula is C44H38ClFN8O13S. The van der Waals surface area contributed by atoms with Crippen LogP contribution in [0.15, 0.2) is 82.9 Å². The summed E-state index contributed by atoms with van der Waals surface area (Å²) in [5.41, 5.74) is 1.09. The third kappa shape index (κ3) is 10.7. The highest BCUT2D eigenvalue weighted by Gasteiger charge is 2.42. The summed E-state index contributed by atoms with van der Waals surface area (Å²) < 4.78 is 56.5. The lowest BCUT2D eigenvalue weighted by atomic mass is 9.93. The van der Waals surface area contributed by atoms with Crippen molar-refractivity contribution >= 4 is 85.5 Å². The summed E-state index contributed by atoms with van der Waals surface area (Å²) >= 11 is 5.98. The van der Waals surface area contributed by atoms with Gasteiger partial charge in [-0.2, -0.15) is 15.0 Å². The van der Waals surface area contributed by atoms with Crippen molar-refractivity contribution in [2.75, 3.05) is 48.6 Å². The van der Waals surface area contributed by atoms with Crippen molar-refractivity contribution in [1.82, 2.24) is 24.7 Å². The maximum atomic E-state index is 14.7. The van der Waals surface area contributed by atoms with Gasteiger partial charge in [-0.25, -0.2) is 36.8 Å². The van der Waals surface area contributed by atoms with Crippen molar-refractivity contribution in [2.24, 2.45) is 0 Å². The molecule has 352 valence electrons. The first-order valence-electron chi connectivity index (χ1n) is 19.9. The number of amides is 5. The number of carboxylic acid groups (broad SMARTS) is 2. The van der Waals surface area contributed by atoms with Crippen LogP contribution in [0.5, 0.6) is 17.5 Å². The lowest BCUT2D eigenvalue weighted by Gasteiger charge is -2.29. The largest absolute Gasteiger partial charge is 0.481 e. The van der Waals surface area contributed by atoms with Crippen LogP contribution in [0.3, 0.4) is 0 Å². The summed E-state index contributed by atoms with van der Waals surface area (Å²) in [5.74, 6) is -1.53. The summed E-state index contributed by atoms with van der Waals surface area (Å²) in [7, 11) is -1.87. The summed E-state index contributed by atoms with van der Waals surface area (Å²) in [6.07, 6.45) is 9.61. The number of terminal acetylenes is 1. The lowest BCUT2D eigenvalue weighted by Crippen LogP contribution is -2.42. The molecule has 3 aromatic carbocycles. The number of aliphatic carboxylic acids is 1. The molecule has 21 nitrogen and oxygen atoms in total. The van der Waals surface area contributed by atoms with Crippen molar-refractivity contribution in [2.45, 2.75) is 37.5 Å². The van der Waals surface area contributed by atoms with Crippen LogP contribution in [0.1, 0.15) is 41.9 Å². The van der Waals surface area contributed by atoms with Crippen molar-refractivity contribution < 1.29 is 66.0 Å². The number of hydrogen-bond donors (Lipinski definition) is 3. The second-order valence-corrected chi connectivity index (χ2v) is 16.5. The first-order valence-corrected chi connectivity index (χ1v) is 21.8. The molecule has 4 heterocycles. The summed E-state index contributed by atoms with van der Waals surface area (Å²) in [6, 6.07) is 13.0. The SMILES string of the molecule is C#CCN1C(=O)COc2cc(F)c(N3C(=O)C4=C(CCCC4)C3=O)cc21.COc1nc(C)nc(N(C)C(=O)NS(=O)(=O)c2ccccc2C(=O)O)n1.O=C(O)COc1ccc(Cl)c2cccnc12. The number of pyridine rings is 1. The third-order valence-corrected chi connectivity index (χ3v) is 11.7. The Morgan fingerprint density at radius 1 is 0.985 bits per heavy atom. The number of rotatable bonds is 10. The number of anilines is 3. The van der Waals surface area contributed by atoms with Gasteiger partial charge < -0.3 is 24.4 Å². The Kier molecular flexibility index (Phi) is 15.2. The third-order valence-electron chi connectivity index (χ3n) is 10.0. The van der Waals surface area contributed by atoms with Crippen LogP contribution in [-0.4, -0.2) is 108 Å². The molecule has 2 aromatic heterocycles. The average Bonchev–Trinajstić information content (AvgIpc) is 3.57. The van der Waals surface area contributed by atoms with E-state index >= 15 is 0 Å². The van der Waals surface area contributed by atoms with Crippen LogP contribution in [-0.2, 0) is 29.2 Å². The molecule has 0 unspecified atom stereocenters. The van der Waals surface area contributed by atoms with Gasteiger partial charge in [0.25, 0.3) is 27.7 Å². The molecule has 0 radical (unpaired) electrons. The smallest absolute Gasteiger partial charge is 0.341 e. The number of aryl methyl sites for hydroxylation is 1. The Bertz CT molecular complexity index is 3050. The van der Waals surface area contributed by atoms with Crippen LogP contribution >= 0.6 is 11.6 Å². The molecule has 68 heavy (non-hydrogen) atoms. The van der Waals surface area contributed by atoms with E-state index in [-0.39, 0.29) is 54.0 Å². The number of aromatic nitrogens is 4. The number of benzene rings is 3. The zero-order valence-corrected chi connectivity index (χ0v) is 37.6. The lowest BCUT2D eigenvalue weighted by molar-refractivity contribution is -0.139. The molecule has 5 amide bonds. The number of carbonyl (C=O) groups is 6. The van der Waals surface area contributed by atoms with Crippen LogP contribution in [0.4, 0.5) is 26.5 Å². The fraction of sp³-hybridized carbons (Fsp3) is 0.227. The molecule has 1 aliphatic carbocycles. The fourth-order valence-corrected chi connectivity index (χ4v) is 8.26. The zero-order chi connectivity index (χ0) is 49.4. The number of methoxy groups -OCH3 is 1. The summed E-state index contributed by atoms with van der Waals surface area (Å²) in [5, 5.41) is 18.9. The number of hydrogen-bond acceptors (Lipinski definition) is 15. The molecule has 3 aliphatic rings. The highest BCUT2D eigenvalue weighted by atomic mass is 35.5. The van der Waals surface area contributed by atoms with Gasteiger partial charge in [-0.15, -0.1) is 6.42 Å². The van der Waals surface area contributed by atoms with Crippen molar-refractivity contribution in [1.29, 1.82) is 0 Å². The van der Waals surface area contributed by atoms with E-state index in [0.717, 1.165) is 46.2 Å². The highest BCUT2D eigenvalue weighted by Crippen LogP contribution is 2.42. The van der Waals surface area contributed by atoms with Crippen LogP contribution < -0.4 is 33.6 Å². The number of fused-ring (bicyclic) bond motifs is 2. The molecule has 0 saturated heterocycles. The molecule has 8 rings (SSSR count). The van der Waals surface area contributed by atoms with E-state index in [1.165, 1.54) is 37.3 Å². The van der Waals surface area contributed by atoms with Gasteiger partial charge in [0, 0.05) is 35.8 Å². The predicted octanol–water partition coefficient (Wildman–Crippen LogP) is 4.70. The fourth-order valence-electron chi connectivity index (χ4n) is 6.86. The van der Waals surface area contributed by atoms with Gasteiger partial charge in [0.2, 0.25) is 5.95 Å². The van der Waals surface area contributed by atoms with E-state index < -0.39 is 62.7 Å². The zero-order valence-electron chi connectivity index (χ0n) is 36.1. The minimum Gasteiger partial charge on any atom is -0.481 e. The quantitative estimate of drug-likeness (QED) is 0.126. The minimum absolute atomic E-state index is 0.0170. The number of carboxylic acids is 2. The standard InChI is InChI=1S/C19H15FN2O4.C14H15N5O6S.C11H8ClNO3/c1-2-7-21-15-9-14(13(20)8-16(15)26-10-17(21)23)22-18(24)11-5-3-4-6-12(11)19(22)25;1-8-15-12(17-13(16-8)25-3)19(2)14(22)18-26(23,24)10-7-5-4-6-9(10)11(20)21;12-8-3-4-9(16-6-10(14)15)11-7(8)2-1-5-13-11/h1,8-9H,3-7,10H2;4-7H,1-3H3,(H,18,22)(H,20,21);1-5H,6H2,(H,14,15). The van der Waals surface area contributed by atoms with Gasteiger partial charge >= 0.3 is 24.0 Å². The topological polar surface area (TPSA) is 278 Å². The van der Waals surface area contributed by atoms with Crippen LogP contribution in [0, 0.1) is 25.1 Å². The number of nitrogens with zero attached hydrogens (tertiary/aromatic N) is 7. The first-order chi connectivity index (χ1) is 32.4. The number of urea groups is 1. The Morgan fingerprint density at radius 3 is 2.32 bits per heavy atom. The molecule has 0 spiro atoms. The molecule has 0 fully saturated rings. The Hall–Kier alpha value is -8.23. The van der Waals surface area contributed by atoms with E-state index in [4.69, 9.17) is 42.4 Å². The Labute approximate surface area is 391 Å². The van der Waals surface area contributed by atoms with Crippen molar-refractivity contribution in [3.63, 3.8) is 0 Å². The molecule has 0 bridgehead atoms. The van der Waals surface area contributed by atoms with Crippen LogP contribution in [0.2, 0.25) is 5.02 Å². The number of imide groups is 1. The predicted molar refractivity (Wildman–Crippen MR) is 240 cm³/mol. The number of nitrogens with one attached hydrogen (secondary N) is 1. The van der Waals surface area contributed by atoms with E-state index in [1.807, 2.05) is 0 Å². The number of sulfonamides is 1. The van der Waals surface area contributed by atoms with Crippen molar-refractivity contribution in [3.8, 4) is 29.9 Å². The summed E-state index contributed by atoms with van der Waals surface area (Å²) in [6.45, 7) is 0.883. The van der Waals surface area contributed by atoms with Gasteiger partial charge in [0.1, 0.15) is 27.7 Å². The molecule has 0 saturated carbocycles. The number of ether oxygens (including phenoxy) is 3. The maximum absolute atomic E-state index is 14.7. The second-order valence-electron chi connectivity index (χ2n) is 14.4. The van der Waals surface area contributed by atoms with E-state index in [2.05, 4.69) is 25.9 Å². The minimum atomic E-state index is -4.44. The molecular weight excluding hydrogens is 935 g/mol. The number of halogens is 2. The normalized spacial score (nSPS) is 14.0. The summed E-state index contributed by atoms with van der Waals surface area (Å²) in [4.78, 5) is 89.5. The average molecular weight is 973 g/mol. The highest BCUT2D eigenvalue weighted by molar-refractivity contribution is 7.90. The monoisotopic (exact) mass is 972 g/mol. The van der Waals surface area contributed by atoms with Gasteiger partial charge in [0.15, 0.2) is 19.0 Å². The Morgan fingerprint density at radius 2 is 1.68 bits per heavy atom. The second kappa shape index (κ2) is 20.9. The maximum Gasteiger partial charge on any atom is 0.341 e. The first kappa shape index (κ1) is 49.2. The number of aromatic carboxylic acids is 1. The van der Waals surface area contributed by atoms with Crippen molar-refractivity contribution in [3.05, 3.63) is 100 Å². The number of carbonyl (C=O) groups excluding carboxylic acids is 4.